The van der Waals surface area contributed by atoms with E-state index in [-0.39, 0.29) is 11.5 Å². The zero-order valence-electron chi connectivity index (χ0n) is 12.2. The molecule has 0 saturated heterocycles. The normalized spacial score (nSPS) is 10.5. The Morgan fingerprint density at radius 3 is 2.64 bits per heavy atom. The highest BCUT2D eigenvalue weighted by molar-refractivity contribution is 9.10. The molecular formula is C15H16BrN3O3. The molecule has 1 aromatic heterocycles. The monoisotopic (exact) mass is 365 g/mol. The molecule has 0 fully saturated rings. The van der Waals surface area contributed by atoms with Crippen LogP contribution >= 0.6 is 15.9 Å². The quantitative estimate of drug-likeness (QED) is 0.600. The van der Waals surface area contributed by atoms with E-state index >= 15 is 0 Å². The molecule has 7 heteroatoms. The summed E-state index contributed by atoms with van der Waals surface area (Å²) in [4.78, 5) is 14.6. The van der Waals surface area contributed by atoms with Crippen LogP contribution in [0.25, 0.3) is 0 Å². The van der Waals surface area contributed by atoms with Gasteiger partial charge in [-0.1, -0.05) is 13.8 Å². The number of nitro groups is 1. The molecule has 0 spiro atoms. The van der Waals surface area contributed by atoms with Crippen LogP contribution in [0.5, 0.6) is 5.75 Å². The third kappa shape index (κ3) is 4.42. The van der Waals surface area contributed by atoms with Gasteiger partial charge in [-0.3, -0.25) is 10.1 Å². The molecule has 22 heavy (non-hydrogen) atoms. The van der Waals surface area contributed by atoms with Crippen molar-refractivity contribution < 1.29 is 9.66 Å². The number of nitrogens with zero attached hydrogens (tertiary/aromatic N) is 2. The van der Waals surface area contributed by atoms with E-state index in [9.17, 15) is 10.1 Å². The summed E-state index contributed by atoms with van der Waals surface area (Å²) in [6, 6.07) is 8.63. The minimum Gasteiger partial charge on any atom is -0.493 e. The van der Waals surface area contributed by atoms with Crippen LogP contribution in [0.4, 0.5) is 17.2 Å². The number of benzene rings is 1. The third-order valence-corrected chi connectivity index (χ3v) is 3.16. The molecule has 0 unspecified atom stereocenters. The molecule has 6 nitrogen and oxygen atoms in total. The number of halogens is 1. The van der Waals surface area contributed by atoms with Gasteiger partial charge < -0.3 is 10.1 Å². The first-order chi connectivity index (χ1) is 10.5. The number of aromatic nitrogens is 1. The fraction of sp³-hybridized carbons (Fsp3) is 0.267. The van der Waals surface area contributed by atoms with Gasteiger partial charge in [-0.05, 0) is 46.1 Å². The van der Waals surface area contributed by atoms with Gasteiger partial charge >= 0.3 is 5.69 Å². The lowest BCUT2D eigenvalue weighted by molar-refractivity contribution is -0.384. The van der Waals surface area contributed by atoms with E-state index in [0.717, 1.165) is 5.75 Å². The molecule has 0 radical (unpaired) electrons. The van der Waals surface area contributed by atoms with E-state index in [0.29, 0.717) is 22.7 Å². The average molecular weight is 366 g/mol. The lowest BCUT2D eigenvalue weighted by Crippen LogP contribution is -2.04. The van der Waals surface area contributed by atoms with Crippen molar-refractivity contribution in [3.63, 3.8) is 0 Å². The van der Waals surface area contributed by atoms with E-state index in [4.69, 9.17) is 4.74 Å². The lowest BCUT2D eigenvalue weighted by atomic mass is 10.2. The maximum absolute atomic E-state index is 11.1. The highest BCUT2D eigenvalue weighted by atomic mass is 79.9. The van der Waals surface area contributed by atoms with Crippen molar-refractivity contribution in [3.05, 3.63) is 51.1 Å². The summed E-state index contributed by atoms with van der Waals surface area (Å²) in [5.74, 6) is 1.41. The average Bonchev–Trinajstić information content (AvgIpc) is 2.48. The van der Waals surface area contributed by atoms with Crippen molar-refractivity contribution in [2.45, 2.75) is 13.8 Å². The van der Waals surface area contributed by atoms with Crippen LogP contribution in [0.2, 0.25) is 0 Å². The third-order valence-electron chi connectivity index (χ3n) is 2.73. The zero-order valence-corrected chi connectivity index (χ0v) is 13.8. The Hall–Kier alpha value is -2.15. The Kier molecular flexibility index (Phi) is 5.32. The predicted octanol–water partition coefficient (Wildman–Crippen LogP) is 4.53. The molecule has 1 heterocycles. The molecule has 0 bridgehead atoms. The molecule has 116 valence electrons. The summed E-state index contributed by atoms with van der Waals surface area (Å²) in [6.07, 6.45) is 1.51. The minimum atomic E-state index is -0.472. The van der Waals surface area contributed by atoms with Gasteiger partial charge in [0.1, 0.15) is 5.75 Å². The second kappa shape index (κ2) is 7.22. The van der Waals surface area contributed by atoms with Crippen LogP contribution in [0.15, 0.2) is 41.0 Å². The van der Waals surface area contributed by atoms with Crippen LogP contribution in [-0.2, 0) is 0 Å². The van der Waals surface area contributed by atoms with Crippen molar-refractivity contribution in [3.8, 4) is 5.75 Å². The predicted molar refractivity (Wildman–Crippen MR) is 88.6 cm³/mol. The molecule has 0 aliphatic carbocycles. The molecule has 0 amide bonds. The smallest absolute Gasteiger partial charge is 0.312 e. The van der Waals surface area contributed by atoms with Crippen LogP contribution in [0, 0.1) is 16.0 Å². The Morgan fingerprint density at radius 2 is 2.05 bits per heavy atom. The van der Waals surface area contributed by atoms with E-state index in [1.165, 1.54) is 12.3 Å². The number of ether oxygens (including phenoxy) is 1. The highest BCUT2D eigenvalue weighted by Crippen LogP contribution is 2.28. The van der Waals surface area contributed by atoms with E-state index < -0.39 is 4.92 Å². The molecule has 1 N–H and O–H groups in total. The Morgan fingerprint density at radius 1 is 1.36 bits per heavy atom. The Balaban J connectivity index is 2.12. The largest absolute Gasteiger partial charge is 0.493 e. The van der Waals surface area contributed by atoms with Gasteiger partial charge in [-0.2, -0.15) is 0 Å². The summed E-state index contributed by atoms with van der Waals surface area (Å²) >= 11 is 3.18. The topological polar surface area (TPSA) is 77.3 Å². The molecule has 0 atom stereocenters. The first-order valence-corrected chi connectivity index (χ1v) is 7.55. The number of rotatable bonds is 6. The SMILES string of the molecule is CC(C)COc1ccc(Nc2ncc(Br)cc2[N+](=O)[O-])cc1. The maximum Gasteiger partial charge on any atom is 0.312 e. The van der Waals surface area contributed by atoms with Crippen LogP contribution in [0.1, 0.15) is 13.8 Å². The number of hydrogen-bond donors (Lipinski definition) is 1. The summed E-state index contributed by atoms with van der Waals surface area (Å²) in [6.45, 7) is 4.80. The molecule has 2 rings (SSSR count). The Bertz CT molecular complexity index is 660. The van der Waals surface area contributed by atoms with E-state index in [2.05, 4.69) is 40.1 Å². The number of anilines is 2. The first kappa shape index (κ1) is 16.2. The molecule has 0 aliphatic rings. The second-order valence-corrected chi connectivity index (χ2v) is 6.05. The summed E-state index contributed by atoms with van der Waals surface area (Å²) in [5, 5.41) is 14.0. The van der Waals surface area contributed by atoms with Gasteiger partial charge in [-0.15, -0.1) is 0 Å². The number of pyridine rings is 1. The van der Waals surface area contributed by atoms with Gasteiger partial charge in [0.25, 0.3) is 0 Å². The van der Waals surface area contributed by atoms with Gasteiger partial charge in [0.15, 0.2) is 0 Å². The molecule has 0 saturated carbocycles. The van der Waals surface area contributed by atoms with E-state index in [1.807, 2.05) is 12.1 Å². The van der Waals surface area contributed by atoms with Crippen molar-refractivity contribution in [1.29, 1.82) is 0 Å². The fourth-order valence-electron chi connectivity index (χ4n) is 1.70. The van der Waals surface area contributed by atoms with Crippen molar-refractivity contribution >= 4 is 33.1 Å². The summed E-state index contributed by atoms with van der Waals surface area (Å²) < 4.78 is 6.15. The van der Waals surface area contributed by atoms with Gasteiger partial charge in [-0.25, -0.2) is 4.98 Å². The summed E-state index contributed by atoms with van der Waals surface area (Å²) in [5.41, 5.74) is 0.615. The molecule has 1 aromatic carbocycles. The van der Waals surface area contributed by atoms with Crippen molar-refractivity contribution in [1.82, 2.24) is 4.98 Å². The minimum absolute atomic E-state index is 0.0884. The Labute approximate surface area is 136 Å². The fourth-order valence-corrected chi connectivity index (χ4v) is 2.02. The first-order valence-electron chi connectivity index (χ1n) is 6.75. The number of hydrogen-bond acceptors (Lipinski definition) is 5. The second-order valence-electron chi connectivity index (χ2n) is 5.13. The molecule has 2 aromatic rings. The van der Waals surface area contributed by atoms with Gasteiger partial charge in [0.05, 0.1) is 11.5 Å². The van der Waals surface area contributed by atoms with Crippen molar-refractivity contribution in [2.24, 2.45) is 5.92 Å². The maximum atomic E-state index is 11.1. The molecular weight excluding hydrogens is 350 g/mol. The van der Waals surface area contributed by atoms with Gasteiger partial charge in [0.2, 0.25) is 5.82 Å². The van der Waals surface area contributed by atoms with Crippen LogP contribution < -0.4 is 10.1 Å². The standard InChI is InChI=1S/C15H16BrN3O3/c1-10(2)9-22-13-5-3-12(4-6-13)18-15-14(19(20)21)7-11(16)8-17-15/h3-8,10H,9H2,1-2H3,(H,17,18). The van der Waals surface area contributed by atoms with Crippen molar-refractivity contribution in [2.75, 3.05) is 11.9 Å². The highest BCUT2D eigenvalue weighted by Gasteiger charge is 2.16. The van der Waals surface area contributed by atoms with Gasteiger partial charge in [0, 0.05) is 22.4 Å². The lowest BCUT2D eigenvalue weighted by Gasteiger charge is -2.10. The van der Waals surface area contributed by atoms with Crippen LogP contribution in [-0.4, -0.2) is 16.5 Å². The summed E-state index contributed by atoms with van der Waals surface area (Å²) in [7, 11) is 0. The van der Waals surface area contributed by atoms with Crippen LogP contribution in [0.3, 0.4) is 0 Å². The molecule has 0 aliphatic heterocycles. The van der Waals surface area contributed by atoms with E-state index in [1.54, 1.807) is 12.1 Å². The number of nitrogens with one attached hydrogen (secondary N) is 1. The zero-order chi connectivity index (χ0) is 16.1.